The third kappa shape index (κ3) is 2.23. The molecule has 0 unspecified atom stereocenters. The number of benzene rings is 1. The molecule has 15 heavy (non-hydrogen) atoms. The van der Waals surface area contributed by atoms with Gasteiger partial charge >= 0.3 is 0 Å². The summed E-state index contributed by atoms with van der Waals surface area (Å²) in [5.74, 6) is -3.50. The number of carbonyl (C=O) groups excluding carboxylic acids is 1. The Kier molecular flexibility index (Phi) is 3.24. The Morgan fingerprint density at radius 2 is 2.07 bits per heavy atom. The number of ketones is 1. The maximum Gasteiger partial charge on any atom is 0.171 e. The van der Waals surface area contributed by atoms with Crippen LogP contribution >= 0.6 is 0 Å². The van der Waals surface area contributed by atoms with E-state index in [-0.39, 0.29) is 5.75 Å². The highest BCUT2D eigenvalue weighted by molar-refractivity contribution is 5.78. The van der Waals surface area contributed by atoms with Gasteiger partial charge in [0.05, 0.1) is 7.11 Å². The van der Waals surface area contributed by atoms with Crippen molar-refractivity contribution in [2.75, 3.05) is 7.11 Å². The number of methoxy groups -OCH3 is 1. The second-order valence-electron chi connectivity index (χ2n) is 3.08. The molecule has 1 rings (SSSR count). The van der Waals surface area contributed by atoms with Gasteiger partial charge in [0.25, 0.3) is 0 Å². The van der Waals surface area contributed by atoms with E-state index in [1.54, 1.807) is 0 Å². The molecule has 0 aliphatic heterocycles. The highest BCUT2D eigenvalue weighted by Gasteiger charge is 2.19. The number of hydrogen-bond acceptors (Lipinski definition) is 3. The van der Waals surface area contributed by atoms with Gasteiger partial charge in [-0.1, -0.05) is 0 Å². The summed E-state index contributed by atoms with van der Waals surface area (Å²) in [5, 5.41) is 9.12. The van der Waals surface area contributed by atoms with Crippen LogP contribution in [-0.2, 0) is 11.2 Å². The van der Waals surface area contributed by atoms with E-state index >= 15 is 0 Å². The second-order valence-corrected chi connectivity index (χ2v) is 3.08. The van der Waals surface area contributed by atoms with Crippen molar-refractivity contribution in [3.05, 3.63) is 23.3 Å². The normalized spacial score (nSPS) is 10.1. The number of phenols is 1. The number of rotatable bonds is 3. The van der Waals surface area contributed by atoms with E-state index in [4.69, 9.17) is 5.11 Å². The van der Waals surface area contributed by atoms with Gasteiger partial charge in [0, 0.05) is 18.1 Å². The molecule has 0 fully saturated rings. The van der Waals surface area contributed by atoms with Crippen molar-refractivity contribution in [3.63, 3.8) is 0 Å². The Morgan fingerprint density at radius 1 is 1.47 bits per heavy atom. The van der Waals surface area contributed by atoms with Crippen LogP contribution in [0.1, 0.15) is 12.5 Å². The molecule has 0 aliphatic rings. The molecule has 0 saturated carbocycles. The Bertz CT molecular complexity index is 402. The monoisotopic (exact) mass is 216 g/mol. The fraction of sp³-hybridized carbons (Fsp3) is 0.300. The SMILES string of the molecule is COc1cc(O)c(F)c(CC(C)=O)c1F. The molecule has 0 bridgehead atoms. The number of Topliss-reactive ketones (excluding diaryl/α,β-unsaturated/α-hetero) is 1. The quantitative estimate of drug-likeness (QED) is 0.838. The number of carbonyl (C=O) groups is 1. The van der Waals surface area contributed by atoms with Crippen LogP contribution in [0, 0.1) is 11.6 Å². The van der Waals surface area contributed by atoms with Crippen LogP contribution in [0.25, 0.3) is 0 Å². The van der Waals surface area contributed by atoms with Crippen LogP contribution in [-0.4, -0.2) is 18.0 Å². The van der Waals surface area contributed by atoms with E-state index in [0.29, 0.717) is 0 Å². The first-order valence-electron chi connectivity index (χ1n) is 4.20. The van der Waals surface area contributed by atoms with E-state index in [0.717, 1.165) is 6.07 Å². The van der Waals surface area contributed by atoms with Crippen LogP contribution in [0.2, 0.25) is 0 Å². The summed E-state index contributed by atoms with van der Waals surface area (Å²) in [5.41, 5.74) is -0.473. The Balaban J connectivity index is 3.33. The molecule has 0 heterocycles. The summed E-state index contributed by atoms with van der Waals surface area (Å²) in [7, 11) is 1.19. The zero-order chi connectivity index (χ0) is 11.6. The molecule has 0 aliphatic carbocycles. The molecular formula is C10H10F2O3. The van der Waals surface area contributed by atoms with Crippen molar-refractivity contribution >= 4 is 5.78 Å². The van der Waals surface area contributed by atoms with Crippen molar-refractivity contribution < 1.29 is 23.4 Å². The second kappa shape index (κ2) is 4.25. The maximum atomic E-state index is 13.4. The van der Waals surface area contributed by atoms with Crippen LogP contribution in [0.4, 0.5) is 8.78 Å². The summed E-state index contributed by atoms with van der Waals surface area (Å²) in [6, 6.07) is 0.828. The Morgan fingerprint density at radius 3 is 2.53 bits per heavy atom. The van der Waals surface area contributed by atoms with E-state index in [2.05, 4.69) is 4.74 Å². The van der Waals surface area contributed by atoms with Crippen molar-refractivity contribution in [1.29, 1.82) is 0 Å². The highest BCUT2D eigenvalue weighted by Crippen LogP contribution is 2.30. The first kappa shape index (κ1) is 11.4. The van der Waals surface area contributed by atoms with E-state index in [9.17, 15) is 13.6 Å². The van der Waals surface area contributed by atoms with Gasteiger partial charge in [-0.05, 0) is 6.92 Å². The highest BCUT2D eigenvalue weighted by atomic mass is 19.1. The summed E-state index contributed by atoms with van der Waals surface area (Å²) >= 11 is 0. The molecule has 82 valence electrons. The fourth-order valence-corrected chi connectivity index (χ4v) is 1.20. The van der Waals surface area contributed by atoms with E-state index in [1.165, 1.54) is 14.0 Å². The Hall–Kier alpha value is -1.65. The number of halogens is 2. The minimum Gasteiger partial charge on any atom is -0.505 e. The molecular weight excluding hydrogens is 206 g/mol. The smallest absolute Gasteiger partial charge is 0.171 e. The van der Waals surface area contributed by atoms with Crippen LogP contribution < -0.4 is 4.74 Å². The zero-order valence-corrected chi connectivity index (χ0v) is 8.30. The molecule has 0 radical (unpaired) electrons. The lowest BCUT2D eigenvalue weighted by Crippen LogP contribution is -2.04. The summed E-state index contributed by atoms with van der Waals surface area (Å²) in [6.45, 7) is 1.20. The van der Waals surface area contributed by atoms with Crippen LogP contribution in [0.15, 0.2) is 6.07 Å². The van der Waals surface area contributed by atoms with Crippen molar-refractivity contribution in [2.45, 2.75) is 13.3 Å². The number of aromatic hydroxyl groups is 1. The van der Waals surface area contributed by atoms with Gasteiger partial charge in [0.15, 0.2) is 23.1 Å². The first-order chi connectivity index (χ1) is 6.97. The number of phenolic OH excluding ortho intramolecular Hbond substituents is 1. The van der Waals surface area contributed by atoms with Gasteiger partial charge in [-0.25, -0.2) is 8.78 Å². The van der Waals surface area contributed by atoms with E-state index < -0.39 is 35.2 Å². The largest absolute Gasteiger partial charge is 0.505 e. The third-order valence-electron chi connectivity index (χ3n) is 1.88. The zero-order valence-electron chi connectivity index (χ0n) is 8.30. The summed E-state index contributed by atoms with van der Waals surface area (Å²) in [6.07, 6.45) is -0.414. The maximum absolute atomic E-state index is 13.4. The molecule has 3 nitrogen and oxygen atoms in total. The van der Waals surface area contributed by atoms with Crippen LogP contribution in [0.3, 0.4) is 0 Å². The average molecular weight is 216 g/mol. The molecule has 0 atom stereocenters. The lowest BCUT2D eigenvalue weighted by Gasteiger charge is -2.08. The molecule has 0 amide bonds. The summed E-state index contributed by atoms with van der Waals surface area (Å²) in [4.78, 5) is 10.8. The molecule has 0 saturated heterocycles. The van der Waals surface area contributed by atoms with Gasteiger partial charge in [-0.15, -0.1) is 0 Å². The van der Waals surface area contributed by atoms with Gasteiger partial charge in [-0.3, -0.25) is 4.79 Å². The number of ether oxygens (including phenoxy) is 1. The Labute approximate surface area is 85.3 Å². The summed E-state index contributed by atoms with van der Waals surface area (Å²) < 4.78 is 31.3. The standard InChI is InChI=1S/C10H10F2O3/c1-5(13)3-6-9(11)7(14)4-8(15-2)10(6)12/h4,14H,3H2,1-2H3. The number of hydrogen-bond donors (Lipinski definition) is 1. The molecule has 1 aromatic rings. The van der Waals surface area contributed by atoms with Crippen molar-refractivity contribution in [3.8, 4) is 11.5 Å². The predicted octanol–water partition coefficient (Wildman–Crippen LogP) is 1.81. The topological polar surface area (TPSA) is 46.5 Å². The molecule has 0 aromatic heterocycles. The molecule has 1 aromatic carbocycles. The van der Waals surface area contributed by atoms with Crippen LogP contribution in [0.5, 0.6) is 11.5 Å². The van der Waals surface area contributed by atoms with E-state index in [1.807, 2.05) is 0 Å². The lowest BCUT2D eigenvalue weighted by atomic mass is 10.1. The molecule has 0 spiro atoms. The first-order valence-corrected chi connectivity index (χ1v) is 4.20. The van der Waals surface area contributed by atoms with Crippen molar-refractivity contribution in [2.24, 2.45) is 0 Å². The third-order valence-corrected chi connectivity index (χ3v) is 1.88. The van der Waals surface area contributed by atoms with Gasteiger partial charge in [0.1, 0.15) is 5.78 Å². The van der Waals surface area contributed by atoms with Crippen molar-refractivity contribution in [1.82, 2.24) is 0 Å². The fourth-order valence-electron chi connectivity index (χ4n) is 1.20. The lowest BCUT2D eigenvalue weighted by molar-refractivity contribution is -0.116. The minimum absolute atomic E-state index is 0.287. The molecule has 5 heteroatoms. The molecule has 1 N–H and O–H groups in total. The minimum atomic E-state index is -1.12. The van der Waals surface area contributed by atoms with Gasteiger partial charge in [-0.2, -0.15) is 0 Å². The van der Waals surface area contributed by atoms with Gasteiger partial charge in [0.2, 0.25) is 0 Å². The van der Waals surface area contributed by atoms with Gasteiger partial charge < -0.3 is 9.84 Å². The average Bonchev–Trinajstić information content (AvgIpc) is 2.18. The predicted molar refractivity (Wildman–Crippen MR) is 49.0 cm³/mol.